The van der Waals surface area contributed by atoms with Gasteiger partial charge in [-0.3, -0.25) is 0 Å². The Morgan fingerprint density at radius 1 is 1.17 bits per heavy atom. The van der Waals surface area contributed by atoms with Crippen molar-refractivity contribution < 1.29 is 13.3 Å². The van der Waals surface area contributed by atoms with Crippen LogP contribution in [0.4, 0.5) is 0 Å². The van der Waals surface area contributed by atoms with Crippen LogP contribution in [0, 0.1) is 5.92 Å². The summed E-state index contributed by atoms with van der Waals surface area (Å²) >= 11 is 0. The quantitative estimate of drug-likeness (QED) is 0.459. The van der Waals surface area contributed by atoms with Crippen LogP contribution in [-0.2, 0) is 19.7 Å². The molecule has 0 aliphatic carbocycles. The van der Waals surface area contributed by atoms with Gasteiger partial charge in [0.1, 0.15) is 0 Å². The van der Waals surface area contributed by atoms with Gasteiger partial charge in [0, 0.05) is 32.9 Å². The van der Waals surface area contributed by atoms with Crippen molar-refractivity contribution in [3.05, 3.63) is 48.6 Å². The van der Waals surface area contributed by atoms with Gasteiger partial charge in [-0.15, -0.1) is 19.0 Å². The maximum atomic E-state index is 6.57. The molecule has 1 aromatic rings. The molecular weight excluding hydrogens is 344 g/mol. The van der Waals surface area contributed by atoms with Crippen molar-refractivity contribution in [3.8, 4) is 0 Å². The average Bonchev–Trinajstić information content (AvgIpc) is 2.59. The van der Waals surface area contributed by atoms with E-state index in [4.69, 9.17) is 24.7 Å². The van der Waals surface area contributed by atoms with Crippen LogP contribution in [-0.4, -0.2) is 42.2 Å². The lowest BCUT2D eigenvalue weighted by Crippen LogP contribution is -2.48. The Hall–Kier alpha value is -0.733. The van der Waals surface area contributed by atoms with Crippen molar-refractivity contribution in [2.24, 2.45) is 17.4 Å². The van der Waals surface area contributed by atoms with E-state index in [1.165, 1.54) is 5.56 Å². The van der Waals surface area contributed by atoms with Crippen molar-refractivity contribution in [1.82, 2.24) is 0 Å². The van der Waals surface area contributed by atoms with Crippen LogP contribution in [0.5, 0.6) is 0 Å². The molecule has 1 aromatic carbocycles. The summed E-state index contributed by atoms with van der Waals surface area (Å²) in [6.07, 6.45) is 3.24. The minimum Gasteiger partial charge on any atom is -0.377 e. The van der Waals surface area contributed by atoms with E-state index in [-0.39, 0.29) is 18.3 Å². The minimum atomic E-state index is -2.68. The molecule has 0 aliphatic heterocycles. The van der Waals surface area contributed by atoms with Crippen LogP contribution in [0.25, 0.3) is 0 Å². The lowest BCUT2D eigenvalue weighted by molar-refractivity contribution is 0.116. The van der Waals surface area contributed by atoms with E-state index < -0.39 is 14.3 Å². The van der Waals surface area contributed by atoms with Gasteiger partial charge in [0.15, 0.2) is 0 Å². The fraction of sp³-hybridized carbons (Fsp3) is 0.529. The molecule has 1 rings (SSSR count). The molecule has 0 heterocycles. The zero-order valence-corrected chi connectivity index (χ0v) is 16.7. The first-order valence-electron chi connectivity index (χ1n) is 7.78. The van der Waals surface area contributed by atoms with Gasteiger partial charge >= 0.3 is 8.80 Å². The standard InChI is InChI=1S/C17H30N2O3Si.ClH/c1-5-17(19,11-15-9-7-6-8-10-15)12-16(13-18)14-23(20-2,21-3)22-4;/h5-10,16H,1,11-14,18-19H2,2-4H3;1H. The molecule has 0 saturated carbocycles. The molecule has 0 spiro atoms. The highest BCUT2D eigenvalue weighted by Crippen LogP contribution is 2.27. The van der Waals surface area contributed by atoms with Crippen LogP contribution < -0.4 is 11.5 Å². The Balaban J connectivity index is 0.00000529. The van der Waals surface area contributed by atoms with Crippen LogP contribution in [0.15, 0.2) is 43.0 Å². The van der Waals surface area contributed by atoms with Crippen molar-refractivity contribution in [3.63, 3.8) is 0 Å². The summed E-state index contributed by atoms with van der Waals surface area (Å²) in [5, 5.41) is 0. The van der Waals surface area contributed by atoms with Crippen LogP contribution in [0.3, 0.4) is 0 Å². The Labute approximate surface area is 153 Å². The van der Waals surface area contributed by atoms with E-state index in [9.17, 15) is 0 Å². The minimum absolute atomic E-state index is 0. The van der Waals surface area contributed by atoms with Gasteiger partial charge in [0.2, 0.25) is 0 Å². The highest BCUT2D eigenvalue weighted by molar-refractivity contribution is 6.60. The Morgan fingerprint density at radius 3 is 2.12 bits per heavy atom. The largest absolute Gasteiger partial charge is 0.500 e. The summed E-state index contributed by atoms with van der Waals surface area (Å²) in [5.74, 6) is 0.133. The molecule has 4 N–H and O–H groups in total. The van der Waals surface area contributed by atoms with Gasteiger partial charge in [-0.2, -0.15) is 0 Å². The topological polar surface area (TPSA) is 79.7 Å². The zero-order chi connectivity index (χ0) is 17.3. The maximum Gasteiger partial charge on any atom is 0.500 e. The average molecular weight is 375 g/mol. The molecule has 0 bridgehead atoms. The second-order valence-electron chi connectivity index (χ2n) is 5.91. The Bertz CT molecular complexity index is 466. The molecule has 0 aliphatic rings. The van der Waals surface area contributed by atoms with Gasteiger partial charge in [-0.05, 0) is 30.9 Å². The predicted molar refractivity (Wildman–Crippen MR) is 103 cm³/mol. The first-order chi connectivity index (χ1) is 11.0. The highest BCUT2D eigenvalue weighted by Gasteiger charge is 2.41. The number of nitrogens with two attached hydrogens (primary N) is 2. The summed E-state index contributed by atoms with van der Waals surface area (Å²) in [4.78, 5) is 0. The van der Waals surface area contributed by atoms with E-state index in [1.54, 1.807) is 21.3 Å². The smallest absolute Gasteiger partial charge is 0.377 e. The van der Waals surface area contributed by atoms with E-state index in [2.05, 4.69) is 18.7 Å². The molecule has 5 nitrogen and oxygen atoms in total. The van der Waals surface area contributed by atoms with Gasteiger partial charge in [-0.1, -0.05) is 36.4 Å². The number of rotatable bonds is 11. The molecule has 2 unspecified atom stereocenters. The predicted octanol–water partition coefficient (Wildman–Crippen LogP) is 2.38. The molecule has 2 atom stereocenters. The maximum absolute atomic E-state index is 6.57. The van der Waals surface area contributed by atoms with E-state index in [0.717, 1.165) is 6.42 Å². The summed E-state index contributed by atoms with van der Waals surface area (Å²) in [7, 11) is 2.16. The lowest BCUT2D eigenvalue weighted by atomic mass is 9.83. The summed E-state index contributed by atoms with van der Waals surface area (Å²) in [6, 6.07) is 10.8. The summed E-state index contributed by atoms with van der Waals surface area (Å²) in [5.41, 5.74) is 13.2. The van der Waals surface area contributed by atoms with Crippen molar-refractivity contribution in [1.29, 1.82) is 0 Å². The number of hydrogen-bond acceptors (Lipinski definition) is 5. The van der Waals surface area contributed by atoms with Gasteiger partial charge < -0.3 is 24.7 Å². The van der Waals surface area contributed by atoms with Crippen molar-refractivity contribution >= 4 is 21.2 Å². The van der Waals surface area contributed by atoms with Crippen LogP contribution >= 0.6 is 12.4 Å². The third-order valence-electron chi connectivity index (χ3n) is 4.26. The van der Waals surface area contributed by atoms with Gasteiger partial charge in [0.25, 0.3) is 0 Å². The first-order valence-corrected chi connectivity index (χ1v) is 9.71. The number of halogens is 1. The second kappa shape index (κ2) is 11.0. The van der Waals surface area contributed by atoms with E-state index in [1.807, 2.05) is 24.3 Å². The van der Waals surface area contributed by atoms with Crippen molar-refractivity contribution in [2.75, 3.05) is 27.9 Å². The van der Waals surface area contributed by atoms with Gasteiger partial charge in [-0.25, -0.2) is 0 Å². The van der Waals surface area contributed by atoms with Gasteiger partial charge in [0.05, 0.1) is 0 Å². The number of benzene rings is 1. The normalized spacial score (nSPS) is 15.2. The molecular formula is C17H31ClN2O3Si. The molecule has 7 heteroatoms. The molecule has 0 saturated heterocycles. The Morgan fingerprint density at radius 2 is 1.71 bits per heavy atom. The van der Waals surface area contributed by atoms with Crippen LogP contribution in [0.1, 0.15) is 12.0 Å². The molecule has 0 fully saturated rings. The molecule has 0 aromatic heterocycles. The SMILES string of the molecule is C=CC(N)(Cc1ccccc1)CC(CN)C[Si](OC)(OC)OC.Cl. The third-order valence-corrected chi connectivity index (χ3v) is 7.20. The van der Waals surface area contributed by atoms with E-state index in [0.29, 0.717) is 19.0 Å². The first kappa shape index (κ1) is 23.3. The summed E-state index contributed by atoms with van der Waals surface area (Å²) in [6.45, 7) is 4.42. The molecule has 138 valence electrons. The number of hydrogen-bond donors (Lipinski definition) is 2. The molecule has 24 heavy (non-hydrogen) atoms. The Kier molecular flexibility index (Phi) is 10.7. The van der Waals surface area contributed by atoms with Crippen molar-refractivity contribution in [2.45, 2.75) is 24.4 Å². The molecule has 0 radical (unpaired) electrons. The summed E-state index contributed by atoms with van der Waals surface area (Å²) < 4.78 is 16.5. The fourth-order valence-corrected chi connectivity index (χ4v) is 4.85. The zero-order valence-electron chi connectivity index (χ0n) is 14.9. The molecule has 0 amide bonds. The van der Waals surface area contributed by atoms with E-state index >= 15 is 0 Å². The fourth-order valence-electron chi connectivity index (χ4n) is 2.83. The second-order valence-corrected chi connectivity index (χ2v) is 8.90. The van der Waals surface area contributed by atoms with Crippen LogP contribution in [0.2, 0.25) is 6.04 Å². The highest BCUT2D eigenvalue weighted by atomic mass is 35.5. The monoisotopic (exact) mass is 374 g/mol. The third kappa shape index (κ3) is 6.64. The lowest BCUT2D eigenvalue weighted by Gasteiger charge is -2.33.